The molecule has 7 heteroatoms. The Morgan fingerprint density at radius 1 is 1.19 bits per heavy atom. The third kappa shape index (κ3) is 5.74. The van der Waals surface area contributed by atoms with Gasteiger partial charge in [0.1, 0.15) is 6.10 Å². The van der Waals surface area contributed by atoms with Crippen LogP contribution < -0.4 is 10.6 Å². The van der Waals surface area contributed by atoms with Gasteiger partial charge in [0.2, 0.25) is 11.8 Å². The molecule has 3 N–H and O–H groups in total. The molecule has 2 aliphatic rings. The minimum Gasteiger partial charge on any atom is -0.394 e. The van der Waals surface area contributed by atoms with E-state index in [-0.39, 0.29) is 42.6 Å². The maximum atomic E-state index is 12.1. The molecule has 2 fully saturated rings. The van der Waals surface area contributed by atoms with Crippen LogP contribution in [0, 0.1) is 5.92 Å². The number of nitrogens with one attached hydrogen (secondary N) is 2. The molecule has 0 aromatic carbocycles. The average molecular weight is 375 g/mol. The SMILES string of the molecule is O=C(Cc1ccncc1)NCC[C@H]1CC[C@@H](NC(=O)C2CCC2)[C@H](CO)O1. The van der Waals surface area contributed by atoms with Crippen molar-refractivity contribution in [2.75, 3.05) is 13.2 Å². The number of ether oxygens (including phenoxy) is 1. The van der Waals surface area contributed by atoms with Crippen LogP contribution in [0.3, 0.4) is 0 Å². The van der Waals surface area contributed by atoms with Crippen molar-refractivity contribution in [2.24, 2.45) is 5.92 Å². The van der Waals surface area contributed by atoms with Gasteiger partial charge in [0.15, 0.2) is 0 Å². The summed E-state index contributed by atoms with van der Waals surface area (Å²) in [6.07, 6.45) is 8.64. The Hall–Kier alpha value is -1.99. The van der Waals surface area contributed by atoms with Crippen molar-refractivity contribution in [3.05, 3.63) is 30.1 Å². The summed E-state index contributed by atoms with van der Waals surface area (Å²) in [5, 5.41) is 15.6. The van der Waals surface area contributed by atoms with Gasteiger partial charge in [0.25, 0.3) is 0 Å². The fourth-order valence-electron chi connectivity index (χ4n) is 3.60. The Bertz CT molecular complexity index is 621. The predicted octanol–water partition coefficient (Wildman–Crippen LogP) is 0.955. The van der Waals surface area contributed by atoms with Crippen LogP contribution in [0.15, 0.2) is 24.5 Å². The Labute approximate surface area is 159 Å². The van der Waals surface area contributed by atoms with Crippen LogP contribution in [0.4, 0.5) is 0 Å². The zero-order valence-corrected chi connectivity index (χ0v) is 15.6. The van der Waals surface area contributed by atoms with E-state index in [9.17, 15) is 14.7 Å². The first kappa shape index (κ1) is 19.8. The number of hydrogen-bond donors (Lipinski definition) is 3. The summed E-state index contributed by atoms with van der Waals surface area (Å²) in [5.41, 5.74) is 0.932. The second kappa shape index (κ2) is 9.80. The summed E-state index contributed by atoms with van der Waals surface area (Å²) in [6.45, 7) is 0.423. The molecule has 7 nitrogen and oxygen atoms in total. The smallest absolute Gasteiger partial charge is 0.224 e. The Morgan fingerprint density at radius 2 is 1.96 bits per heavy atom. The van der Waals surface area contributed by atoms with Crippen LogP contribution >= 0.6 is 0 Å². The van der Waals surface area contributed by atoms with Gasteiger partial charge in [-0.3, -0.25) is 14.6 Å². The molecule has 0 unspecified atom stereocenters. The van der Waals surface area contributed by atoms with Crippen LogP contribution in [0.5, 0.6) is 0 Å². The van der Waals surface area contributed by atoms with Gasteiger partial charge in [0, 0.05) is 24.9 Å². The minimum atomic E-state index is -0.375. The molecular weight excluding hydrogens is 346 g/mol. The molecule has 3 atom stereocenters. The van der Waals surface area contributed by atoms with E-state index in [4.69, 9.17) is 4.74 Å². The first-order valence-corrected chi connectivity index (χ1v) is 9.88. The topological polar surface area (TPSA) is 101 Å². The summed E-state index contributed by atoms with van der Waals surface area (Å²) >= 11 is 0. The number of rotatable bonds is 8. The summed E-state index contributed by atoms with van der Waals surface area (Å²) in [5.74, 6) is 0.203. The number of pyridine rings is 1. The molecule has 0 bridgehead atoms. The lowest BCUT2D eigenvalue weighted by atomic mass is 9.84. The van der Waals surface area contributed by atoms with Crippen molar-refractivity contribution in [3.8, 4) is 0 Å². The van der Waals surface area contributed by atoms with E-state index in [0.717, 1.165) is 37.7 Å². The van der Waals surface area contributed by atoms with Crippen LogP contribution in [-0.4, -0.2) is 53.3 Å². The summed E-state index contributed by atoms with van der Waals surface area (Å²) in [6, 6.07) is 3.53. The van der Waals surface area contributed by atoms with Crippen LogP contribution in [0.25, 0.3) is 0 Å². The quantitative estimate of drug-likeness (QED) is 0.628. The third-order valence-corrected chi connectivity index (χ3v) is 5.50. The lowest BCUT2D eigenvalue weighted by Crippen LogP contribution is -2.53. The molecule has 27 heavy (non-hydrogen) atoms. The molecule has 1 aliphatic heterocycles. The molecule has 2 heterocycles. The largest absolute Gasteiger partial charge is 0.394 e. The molecular formula is C20H29N3O4. The van der Waals surface area contributed by atoms with E-state index in [0.29, 0.717) is 19.4 Å². The first-order valence-electron chi connectivity index (χ1n) is 9.88. The van der Waals surface area contributed by atoms with Crippen LogP contribution in [0.1, 0.15) is 44.1 Å². The molecule has 1 aromatic heterocycles. The summed E-state index contributed by atoms with van der Waals surface area (Å²) in [4.78, 5) is 28.1. The molecule has 2 amide bonds. The number of carbonyl (C=O) groups excluding carboxylic acids is 2. The highest BCUT2D eigenvalue weighted by atomic mass is 16.5. The summed E-state index contributed by atoms with van der Waals surface area (Å²) < 4.78 is 5.96. The maximum absolute atomic E-state index is 12.1. The van der Waals surface area contributed by atoms with E-state index < -0.39 is 0 Å². The monoisotopic (exact) mass is 375 g/mol. The highest BCUT2D eigenvalue weighted by Gasteiger charge is 2.34. The van der Waals surface area contributed by atoms with Crippen molar-refractivity contribution < 1.29 is 19.4 Å². The molecule has 3 rings (SSSR count). The fourth-order valence-corrected chi connectivity index (χ4v) is 3.60. The Morgan fingerprint density at radius 3 is 2.63 bits per heavy atom. The number of aliphatic hydroxyl groups excluding tert-OH is 1. The molecule has 148 valence electrons. The Balaban J connectivity index is 1.36. The predicted molar refractivity (Wildman–Crippen MR) is 99.8 cm³/mol. The third-order valence-electron chi connectivity index (χ3n) is 5.50. The van der Waals surface area contributed by atoms with Gasteiger partial charge in [-0.25, -0.2) is 0 Å². The first-order chi connectivity index (χ1) is 13.2. The van der Waals surface area contributed by atoms with E-state index in [1.54, 1.807) is 12.4 Å². The molecule has 0 radical (unpaired) electrons. The van der Waals surface area contributed by atoms with Crippen molar-refractivity contribution in [1.29, 1.82) is 0 Å². The van der Waals surface area contributed by atoms with E-state index in [1.165, 1.54) is 0 Å². The van der Waals surface area contributed by atoms with Crippen LogP contribution in [0.2, 0.25) is 0 Å². The number of hydrogen-bond acceptors (Lipinski definition) is 5. The van der Waals surface area contributed by atoms with Crippen molar-refractivity contribution in [1.82, 2.24) is 15.6 Å². The van der Waals surface area contributed by atoms with Crippen molar-refractivity contribution in [3.63, 3.8) is 0 Å². The lowest BCUT2D eigenvalue weighted by molar-refractivity contribution is -0.134. The minimum absolute atomic E-state index is 0.0137. The van der Waals surface area contributed by atoms with Gasteiger partial charge < -0.3 is 20.5 Å². The fraction of sp³-hybridized carbons (Fsp3) is 0.650. The van der Waals surface area contributed by atoms with E-state index in [2.05, 4.69) is 15.6 Å². The Kier molecular flexibility index (Phi) is 7.18. The highest BCUT2D eigenvalue weighted by molar-refractivity contribution is 5.79. The normalized spacial score (nSPS) is 25.4. The van der Waals surface area contributed by atoms with Crippen LogP contribution in [-0.2, 0) is 20.7 Å². The van der Waals surface area contributed by atoms with E-state index in [1.807, 2.05) is 12.1 Å². The molecule has 1 saturated carbocycles. The zero-order valence-electron chi connectivity index (χ0n) is 15.6. The van der Waals surface area contributed by atoms with E-state index >= 15 is 0 Å². The van der Waals surface area contributed by atoms with Crippen molar-refractivity contribution in [2.45, 2.75) is 63.2 Å². The second-order valence-electron chi connectivity index (χ2n) is 7.47. The second-order valence-corrected chi connectivity index (χ2v) is 7.47. The van der Waals surface area contributed by atoms with Gasteiger partial charge in [-0.2, -0.15) is 0 Å². The number of aliphatic hydroxyl groups is 1. The van der Waals surface area contributed by atoms with Gasteiger partial charge >= 0.3 is 0 Å². The zero-order chi connectivity index (χ0) is 19.1. The lowest BCUT2D eigenvalue weighted by Gasteiger charge is -2.37. The van der Waals surface area contributed by atoms with Gasteiger partial charge in [-0.15, -0.1) is 0 Å². The molecule has 1 saturated heterocycles. The summed E-state index contributed by atoms with van der Waals surface area (Å²) in [7, 11) is 0. The van der Waals surface area contributed by atoms with Gasteiger partial charge in [0.05, 0.1) is 25.2 Å². The average Bonchev–Trinajstić information content (AvgIpc) is 2.62. The number of carbonyl (C=O) groups is 2. The standard InChI is InChI=1S/C20H29N3O4/c24-13-18-17(23-20(26)15-2-1-3-15)5-4-16(27-18)8-11-22-19(25)12-14-6-9-21-10-7-14/h6-7,9-10,15-18,24H,1-5,8,11-13H2,(H,22,25)(H,23,26)/t16-,17-,18+/m1/s1. The molecule has 0 spiro atoms. The number of amides is 2. The highest BCUT2D eigenvalue weighted by Crippen LogP contribution is 2.28. The maximum Gasteiger partial charge on any atom is 0.224 e. The number of nitrogens with zero attached hydrogens (tertiary/aromatic N) is 1. The molecule has 1 aromatic rings. The van der Waals surface area contributed by atoms with Gasteiger partial charge in [-0.1, -0.05) is 6.42 Å². The van der Waals surface area contributed by atoms with Gasteiger partial charge in [-0.05, 0) is 49.8 Å². The van der Waals surface area contributed by atoms with Crippen molar-refractivity contribution >= 4 is 11.8 Å². The molecule has 1 aliphatic carbocycles. The number of aromatic nitrogens is 1.